The van der Waals surface area contributed by atoms with Crippen molar-refractivity contribution >= 4 is 5.96 Å². The number of rotatable bonds is 7. The van der Waals surface area contributed by atoms with E-state index in [1.54, 1.807) is 12.1 Å². The molecule has 2 saturated heterocycles. The minimum Gasteiger partial charge on any atom is -0.508 e. The van der Waals surface area contributed by atoms with Crippen LogP contribution in [0.2, 0.25) is 0 Å². The van der Waals surface area contributed by atoms with Gasteiger partial charge in [0.1, 0.15) is 5.75 Å². The van der Waals surface area contributed by atoms with E-state index < -0.39 is 0 Å². The molecule has 2 fully saturated rings. The van der Waals surface area contributed by atoms with Gasteiger partial charge in [0.25, 0.3) is 0 Å². The molecule has 0 aliphatic carbocycles. The van der Waals surface area contributed by atoms with Gasteiger partial charge in [-0.25, -0.2) is 0 Å². The fourth-order valence-electron chi connectivity index (χ4n) is 3.85. The Bertz CT molecular complexity index is 609. The number of likely N-dealkylation sites (tertiary alicyclic amines) is 1. The van der Waals surface area contributed by atoms with Crippen LogP contribution < -0.4 is 5.32 Å². The standard InChI is InChI=1S/C22H35N3O3/c1-2-23-22(24-12-9-18-6-5-7-19(26)16-18)25-13-10-20(11-14-25)28-17-21-8-3-4-15-27-21/h5-7,16,20-21,26H,2-4,8-15,17H2,1H3,(H,23,24). The number of ether oxygens (including phenoxy) is 2. The van der Waals surface area contributed by atoms with Crippen molar-refractivity contribution in [3.05, 3.63) is 29.8 Å². The number of phenols is 1. The maximum absolute atomic E-state index is 9.59. The Hall–Kier alpha value is -1.79. The third-order valence-electron chi connectivity index (χ3n) is 5.44. The number of benzene rings is 1. The van der Waals surface area contributed by atoms with E-state index in [0.29, 0.717) is 24.5 Å². The molecule has 156 valence electrons. The molecular formula is C22H35N3O3. The summed E-state index contributed by atoms with van der Waals surface area (Å²) in [6.45, 7) is 7.23. The molecule has 1 aromatic carbocycles. The second-order valence-corrected chi connectivity index (χ2v) is 7.66. The van der Waals surface area contributed by atoms with Crippen molar-refractivity contribution in [2.75, 3.05) is 39.4 Å². The first-order chi connectivity index (χ1) is 13.7. The van der Waals surface area contributed by atoms with Gasteiger partial charge >= 0.3 is 0 Å². The van der Waals surface area contributed by atoms with E-state index in [4.69, 9.17) is 14.5 Å². The van der Waals surface area contributed by atoms with Gasteiger partial charge in [0.15, 0.2) is 5.96 Å². The summed E-state index contributed by atoms with van der Waals surface area (Å²) in [7, 11) is 0. The zero-order valence-electron chi connectivity index (χ0n) is 17.1. The quantitative estimate of drug-likeness (QED) is 0.554. The molecule has 0 amide bonds. The second-order valence-electron chi connectivity index (χ2n) is 7.66. The van der Waals surface area contributed by atoms with Crippen molar-refractivity contribution in [3.8, 4) is 5.75 Å². The predicted octanol–water partition coefficient (Wildman–Crippen LogP) is 2.95. The highest BCUT2D eigenvalue weighted by atomic mass is 16.5. The molecule has 2 aliphatic heterocycles. The van der Waals surface area contributed by atoms with E-state index in [1.807, 2.05) is 12.1 Å². The average molecular weight is 390 g/mol. The number of piperidine rings is 1. The summed E-state index contributed by atoms with van der Waals surface area (Å²) in [6.07, 6.45) is 7.09. The Balaban J connectivity index is 1.42. The van der Waals surface area contributed by atoms with Gasteiger partial charge in [0, 0.05) is 32.8 Å². The van der Waals surface area contributed by atoms with E-state index in [2.05, 4.69) is 17.1 Å². The Kier molecular flexibility index (Phi) is 8.42. The summed E-state index contributed by atoms with van der Waals surface area (Å²) in [5, 5.41) is 13.0. The highest BCUT2D eigenvalue weighted by Gasteiger charge is 2.23. The summed E-state index contributed by atoms with van der Waals surface area (Å²) < 4.78 is 11.9. The van der Waals surface area contributed by atoms with Crippen molar-refractivity contribution in [1.29, 1.82) is 0 Å². The van der Waals surface area contributed by atoms with E-state index in [-0.39, 0.29) is 0 Å². The molecule has 2 N–H and O–H groups in total. The number of guanidine groups is 1. The monoisotopic (exact) mass is 389 g/mol. The number of hydrogen-bond acceptors (Lipinski definition) is 4. The number of phenolic OH excluding ortho intramolecular Hbond substituents is 1. The number of aliphatic imine (C=N–C) groups is 1. The molecule has 3 rings (SSSR count). The summed E-state index contributed by atoms with van der Waals surface area (Å²) in [4.78, 5) is 7.13. The molecule has 1 atom stereocenters. The molecule has 0 saturated carbocycles. The van der Waals surface area contributed by atoms with Crippen molar-refractivity contribution in [1.82, 2.24) is 10.2 Å². The molecule has 2 aliphatic rings. The maximum Gasteiger partial charge on any atom is 0.193 e. The van der Waals surface area contributed by atoms with Gasteiger partial charge in [-0.05, 0) is 63.1 Å². The minimum atomic E-state index is 0.295. The fourth-order valence-corrected chi connectivity index (χ4v) is 3.85. The van der Waals surface area contributed by atoms with Gasteiger partial charge in [-0.15, -0.1) is 0 Å². The first-order valence-electron chi connectivity index (χ1n) is 10.8. The lowest BCUT2D eigenvalue weighted by Crippen LogP contribution is -2.47. The molecule has 6 nitrogen and oxygen atoms in total. The van der Waals surface area contributed by atoms with Crippen LogP contribution in [0.25, 0.3) is 0 Å². The van der Waals surface area contributed by atoms with Crippen LogP contribution in [0.15, 0.2) is 29.3 Å². The first kappa shape index (κ1) is 20.9. The Morgan fingerprint density at radius 1 is 1.29 bits per heavy atom. The van der Waals surface area contributed by atoms with E-state index in [0.717, 1.165) is 70.1 Å². The zero-order valence-corrected chi connectivity index (χ0v) is 17.1. The van der Waals surface area contributed by atoms with Gasteiger partial charge in [0.05, 0.1) is 18.8 Å². The normalized spacial score (nSPS) is 21.7. The number of nitrogens with zero attached hydrogens (tertiary/aromatic N) is 2. The second kappa shape index (κ2) is 11.3. The van der Waals surface area contributed by atoms with Gasteiger partial charge in [-0.2, -0.15) is 0 Å². The van der Waals surface area contributed by atoms with Gasteiger partial charge in [-0.1, -0.05) is 12.1 Å². The van der Waals surface area contributed by atoms with Crippen LogP contribution >= 0.6 is 0 Å². The van der Waals surface area contributed by atoms with Crippen LogP contribution in [0.1, 0.15) is 44.6 Å². The average Bonchev–Trinajstić information content (AvgIpc) is 2.73. The number of nitrogens with one attached hydrogen (secondary N) is 1. The zero-order chi connectivity index (χ0) is 19.6. The lowest BCUT2D eigenvalue weighted by molar-refractivity contribution is -0.0721. The van der Waals surface area contributed by atoms with Gasteiger partial charge < -0.3 is 24.8 Å². The van der Waals surface area contributed by atoms with E-state index in [9.17, 15) is 5.11 Å². The largest absolute Gasteiger partial charge is 0.508 e. The molecule has 0 aromatic heterocycles. The summed E-state index contributed by atoms with van der Waals surface area (Å²) >= 11 is 0. The summed E-state index contributed by atoms with van der Waals surface area (Å²) in [5.41, 5.74) is 1.11. The Labute approximate surface area is 168 Å². The molecule has 0 radical (unpaired) electrons. The highest BCUT2D eigenvalue weighted by molar-refractivity contribution is 5.80. The van der Waals surface area contributed by atoms with Crippen LogP contribution in [0, 0.1) is 0 Å². The lowest BCUT2D eigenvalue weighted by Gasteiger charge is -2.35. The molecular weight excluding hydrogens is 354 g/mol. The minimum absolute atomic E-state index is 0.295. The topological polar surface area (TPSA) is 66.3 Å². The number of hydrogen-bond donors (Lipinski definition) is 2. The SMILES string of the molecule is CCNC(=NCCc1cccc(O)c1)N1CCC(OCC2CCCCO2)CC1. The molecule has 6 heteroatoms. The molecule has 2 heterocycles. The van der Waals surface area contributed by atoms with Gasteiger partial charge in [0.2, 0.25) is 0 Å². The first-order valence-corrected chi connectivity index (χ1v) is 10.8. The fraction of sp³-hybridized carbons (Fsp3) is 0.682. The van der Waals surface area contributed by atoms with E-state index in [1.165, 1.54) is 12.8 Å². The van der Waals surface area contributed by atoms with Crippen molar-refractivity contribution in [3.63, 3.8) is 0 Å². The summed E-state index contributed by atoms with van der Waals surface area (Å²) in [5.74, 6) is 1.30. The summed E-state index contributed by atoms with van der Waals surface area (Å²) in [6, 6.07) is 7.41. The maximum atomic E-state index is 9.59. The molecule has 1 unspecified atom stereocenters. The number of aromatic hydroxyl groups is 1. The van der Waals surface area contributed by atoms with Crippen molar-refractivity contribution in [2.24, 2.45) is 4.99 Å². The molecule has 28 heavy (non-hydrogen) atoms. The third-order valence-corrected chi connectivity index (χ3v) is 5.44. The van der Waals surface area contributed by atoms with Crippen LogP contribution in [0.3, 0.4) is 0 Å². The lowest BCUT2D eigenvalue weighted by atomic mass is 10.1. The van der Waals surface area contributed by atoms with E-state index >= 15 is 0 Å². The smallest absolute Gasteiger partial charge is 0.193 e. The highest BCUT2D eigenvalue weighted by Crippen LogP contribution is 2.18. The molecule has 0 spiro atoms. The van der Waals surface area contributed by atoms with Crippen LogP contribution in [0.5, 0.6) is 5.75 Å². The third kappa shape index (κ3) is 6.67. The van der Waals surface area contributed by atoms with Crippen molar-refractivity contribution in [2.45, 2.75) is 57.7 Å². The van der Waals surface area contributed by atoms with Crippen LogP contribution in [-0.2, 0) is 15.9 Å². The van der Waals surface area contributed by atoms with Crippen molar-refractivity contribution < 1.29 is 14.6 Å². The predicted molar refractivity (Wildman–Crippen MR) is 112 cm³/mol. The van der Waals surface area contributed by atoms with Crippen LogP contribution in [-0.4, -0.2) is 67.6 Å². The molecule has 0 bridgehead atoms. The molecule has 1 aromatic rings. The van der Waals surface area contributed by atoms with Gasteiger partial charge in [-0.3, -0.25) is 4.99 Å². The Morgan fingerprint density at radius 2 is 2.14 bits per heavy atom. The van der Waals surface area contributed by atoms with Crippen LogP contribution in [0.4, 0.5) is 0 Å². The Morgan fingerprint density at radius 3 is 2.86 bits per heavy atom.